The lowest BCUT2D eigenvalue weighted by molar-refractivity contribution is -0.132. The molecule has 1 N–H and O–H groups in total. The molecule has 0 saturated carbocycles. The molecule has 2 aromatic rings. The molecule has 2 aliphatic heterocycles. The molecule has 0 radical (unpaired) electrons. The second kappa shape index (κ2) is 7.88. The number of oxazole rings is 1. The Morgan fingerprint density at radius 3 is 2.64 bits per heavy atom. The van der Waals surface area contributed by atoms with E-state index >= 15 is 0 Å². The Hall–Kier alpha value is -2.46. The zero-order valence-electron chi connectivity index (χ0n) is 16.1. The largest absolute Gasteiger partial charge is 0.444 e. The lowest BCUT2D eigenvalue weighted by Gasteiger charge is -2.34. The average Bonchev–Trinajstić information content (AvgIpc) is 3.37. The van der Waals surface area contributed by atoms with Gasteiger partial charge in [0.15, 0.2) is 5.13 Å². The molecule has 10 heteroatoms. The fraction of sp³-hybridized carbons (Fsp3) is 0.556. The standard InChI is InChI=1S/C18H24N6O3S/c1-12-13(2)27-15(20-12)10-22-5-7-23(8-6-22)16(25)9-14-11-28-18(21-14)24-4-3-19-17(24)26/h11H,3-10H2,1-2H3,(H,19,26). The molecular formula is C18H24N6O3S. The Morgan fingerprint density at radius 1 is 1.21 bits per heavy atom. The maximum Gasteiger partial charge on any atom is 0.323 e. The van der Waals surface area contributed by atoms with Crippen LogP contribution in [0.15, 0.2) is 9.80 Å². The first-order valence-corrected chi connectivity index (χ1v) is 10.3. The van der Waals surface area contributed by atoms with Crippen LogP contribution in [0.2, 0.25) is 0 Å². The Bertz CT molecular complexity index is 851. The molecule has 2 fully saturated rings. The highest BCUT2D eigenvalue weighted by Crippen LogP contribution is 2.22. The molecule has 0 spiro atoms. The highest BCUT2D eigenvalue weighted by atomic mass is 32.1. The minimum atomic E-state index is -0.125. The van der Waals surface area contributed by atoms with Crippen LogP contribution in [0.3, 0.4) is 0 Å². The number of thiazole rings is 1. The number of anilines is 1. The van der Waals surface area contributed by atoms with E-state index in [0.717, 1.165) is 36.1 Å². The van der Waals surface area contributed by atoms with Crippen LogP contribution >= 0.6 is 11.3 Å². The number of piperazine rings is 1. The molecule has 0 unspecified atom stereocenters. The lowest BCUT2D eigenvalue weighted by atomic mass is 10.2. The summed E-state index contributed by atoms with van der Waals surface area (Å²) in [6.07, 6.45) is 0.268. The van der Waals surface area contributed by atoms with Gasteiger partial charge in [-0.15, -0.1) is 11.3 Å². The zero-order valence-corrected chi connectivity index (χ0v) is 16.9. The minimum absolute atomic E-state index is 0.0742. The number of nitrogens with one attached hydrogen (secondary N) is 1. The summed E-state index contributed by atoms with van der Waals surface area (Å²) in [7, 11) is 0. The number of rotatable bonds is 5. The topological polar surface area (TPSA) is 94.8 Å². The average molecular weight is 404 g/mol. The van der Waals surface area contributed by atoms with Gasteiger partial charge in [0.25, 0.3) is 0 Å². The molecule has 4 heterocycles. The van der Waals surface area contributed by atoms with Crippen LogP contribution in [-0.2, 0) is 17.8 Å². The van der Waals surface area contributed by atoms with Gasteiger partial charge in [0, 0.05) is 44.6 Å². The SMILES string of the molecule is Cc1nc(CN2CCN(C(=O)Cc3csc(N4CCNC4=O)n3)CC2)oc1C. The van der Waals surface area contributed by atoms with E-state index in [4.69, 9.17) is 4.42 Å². The Kier molecular flexibility index (Phi) is 5.31. The van der Waals surface area contributed by atoms with Crippen molar-refractivity contribution in [3.8, 4) is 0 Å². The van der Waals surface area contributed by atoms with Gasteiger partial charge < -0.3 is 14.6 Å². The molecular weight excluding hydrogens is 380 g/mol. The predicted molar refractivity (Wildman–Crippen MR) is 104 cm³/mol. The van der Waals surface area contributed by atoms with Crippen molar-refractivity contribution >= 4 is 28.4 Å². The van der Waals surface area contributed by atoms with Gasteiger partial charge in [-0.3, -0.25) is 14.6 Å². The van der Waals surface area contributed by atoms with Crippen LogP contribution in [-0.4, -0.2) is 71.0 Å². The van der Waals surface area contributed by atoms with Crippen LogP contribution in [0.4, 0.5) is 9.93 Å². The predicted octanol–water partition coefficient (Wildman–Crippen LogP) is 1.16. The smallest absolute Gasteiger partial charge is 0.323 e. The van der Waals surface area contributed by atoms with Crippen LogP contribution in [0.5, 0.6) is 0 Å². The number of amides is 3. The Labute approximate surface area is 167 Å². The minimum Gasteiger partial charge on any atom is -0.444 e. The van der Waals surface area contributed by atoms with Crippen molar-refractivity contribution < 1.29 is 14.0 Å². The number of carbonyl (C=O) groups excluding carboxylic acids is 2. The van der Waals surface area contributed by atoms with Gasteiger partial charge in [-0.25, -0.2) is 14.8 Å². The molecule has 0 aliphatic carbocycles. The molecule has 150 valence electrons. The van der Waals surface area contributed by atoms with Crippen LogP contribution in [0.25, 0.3) is 0 Å². The van der Waals surface area contributed by atoms with Crippen LogP contribution < -0.4 is 10.2 Å². The van der Waals surface area contributed by atoms with E-state index in [1.807, 2.05) is 24.1 Å². The summed E-state index contributed by atoms with van der Waals surface area (Å²) < 4.78 is 5.65. The van der Waals surface area contributed by atoms with E-state index in [0.29, 0.717) is 37.9 Å². The van der Waals surface area contributed by atoms with E-state index in [2.05, 4.69) is 20.2 Å². The maximum atomic E-state index is 12.6. The first-order valence-electron chi connectivity index (χ1n) is 9.42. The van der Waals surface area contributed by atoms with Gasteiger partial charge in [0.1, 0.15) is 5.76 Å². The summed E-state index contributed by atoms with van der Waals surface area (Å²) in [6.45, 7) is 8.73. The van der Waals surface area contributed by atoms with Gasteiger partial charge in [-0.1, -0.05) is 0 Å². The molecule has 2 aromatic heterocycles. The summed E-state index contributed by atoms with van der Waals surface area (Å²) in [6, 6.07) is -0.125. The van der Waals surface area contributed by atoms with E-state index in [9.17, 15) is 9.59 Å². The third-order valence-corrected chi connectivity index (χ3v) is 6.03. The van der Waals surface area contributed by atoms with Gasteiger partial charge in [-0.2, -0.15) is 0 Å². The molecule has 0 aromatic carbocycles. The normalized spacial score (nSPS) is 18.0. The monoisotopic (exact) mass is 404 g/mol. The molecule has 0 atom stereocenters. The van der Waals surface area contributed by atoms with Crippen molar-refractivity contribution in [1.82, 2.24) is 25.1 Å². The Balaban J connectivity index is 1.27. The second-order valence-corrected chi connectivity index (χ2v) is 7.92. The first-order chi connectivity index (χ1) is 13.5. The fourth-order valence-electron chi connectivity index (χ4n) is 3.38. The van der Waals surface area contributed by atoms with Gasteiger partial charge in [-0.05, 0) is 13.8 Å². The molecule has 0 bridgehead atoms. The van der Waals surface area contributed by atoms with Crippen molar-refractivity contribution in [2.45, 2.75) is 26.8 Å². The third-order valence-electron chi connectivity index (χ3n) is 5.12. The van der Waals surface area contributed by atoms with Crippen LogP contribution in [0.1, 0.15) is 23.0 Å². The lowest BCUT2D eigenvalue weighted by Crippen LogP contribution is -2.48. The number of urea groups is 1. The van der Waals surface area contributed by atoms with E-state index < -0.39 is 0 Å². The van der Waals surface area contributed by atoms with Crippen molar-refractivity contribution in [2.75, 3.05) is 44.2 Å². The summed E-state index contributed by atoms with van der Waals surface area (Å²) in [4.78, 5) is 39.0. The number of aryl methyl sites for hydroxylation is 2. The summed E-state index contributed by atoms with van der Waals surface area (Å²) in [5, 5.41) is 5.27. The van der Waals surface area contributed by atoms with E-state index in [-0.39, 0.29) is 18.4 Å². The highest BCUT2D eigenvalue weighted by Gasteiger charge is 2.26. The summed E-state index contributed by atoms with van der Waals surface area (Å²) in [5.41, 5.74) is 1.65. The zero-order chi connectivity index (χ0) is 19.7. The summed E-state index contributed by atoms with van der Waals surface area (Å²) in [5.74, 6) is 1.67. The quantitative estimate of drug-likeness (QED) is 0.804. The van der Waals surface area contributed by atoms with Crippen molar-refractivity contribution in [3.63, 3.8) is 0 Å². The maximum absolute atomic E-state index is 12.6. The molecule has 9 nitrogen and oxygen atoms in total. The molecule has 2 saturated heterocycles. The third kappa shape index (κ3) is 4.02. The van der Waals surface area contributed by atoms with E-state index in [1.165, 1.54) is 11.3 Å². The van der Waals surface area contributed by atoms with E-state index in [1.54, 1.807) is 4.90 Å². The molecule has 4 rings (SSSR count). The number of hydrogen-bond donors (Lipinski definition) is 1. The number of aromatic nitrogens is 2. The number of hydrogen-bond acceptors (Lipinski definition) is 7. The molecule has 28 heavy (non-hydrogen) atoms. The number of carbonyl (C=O) groups is 2. The Morgan fingerprint density at radius 2 is 2.00 bits per heavy atom. The van der Waals surface area contributed by atoms with Crippen LogP contribution in [0, 0.1) is 13.8 Å². The highest BCUT2D eigenvalue weighted by molar-refractivity contribution is 7.14. The van der Waals surface area contributed by atoms with Gasteiger partial charge >= 0.3 is 6.03 Å². The van der Waals surface area contributed by atoms with Crippen molar-refractivity contribution in [2.24, 2.45) is 0 Å². The second-order valence-electron chi connectivity index (χ2n) is 7.09. The molecule has 3 amide bonds. The van der Waals surface area contributed by atoms with Gasteiger partial charge in [0.2, 0.25) is 11.8 Å². The summed E-state index contributed by atoms with van der Waals surface area (Å²) >= 11 is 1.40. The van der Waals surface area contributed by atoms with Gasteiger partial charge in [0.05, 0.1) is 24.4 Å². The number of nitrogens with zero attached hydrogens (tertiary/aromatic N) is 5. The van der Waals surface area contributed by atoms with Crippen molar-refractivity contribution in [3.05, 3.63) is 28.4 Å². The van der Waals surface area contributed by atoms with Crippen molar-refractivity contribution in [1.29, 1.82) is 0 Å². The fourth-order valence-corrected chi connectivity index (χ4v) is 4.22. The molecule has 2 aliphatic rings. The first kappa shape index (κ1) is 18.9.